The number of nitrogens with two attached hydrogens (primary N) is 1. The van der Waals surface area contributed by atoms with Gasteiger partial charge in [0.2, 0.25) is 5.95 Å². The van der Waals surface area contributed by atoms with Crippen LogP contribution < -0.4 is 5.73 Å². The van der Waals surface area contributed by atoms with Gasteiger partial charge in [-0.15, -0.1) is 11.3 Å². The number of nitrogens with zero attached hydrogens (tertiary/aromatic N) is 3. The minimum absolute atomic E-state index is 0.386. The number of anilines is 1. The average Bonchev–Trinajstić information content (AvgIpc) is 2.68. The Morgan fingerprint density at radius 3 is 3.00 bits per heavy atom. The highest BCUT2D eigenvalue weighted by molar-refractivity contribution is 7.12. The fraction of sp³-hybridized carbons (Fsp3) is 0.429. The van der Waals surface area contributed by atoms with Crippen LogP contribution in [0, 0.1) is 13.8 Å². The van der Waals surface area contributed by atoms with Gasteiger partial charge in [-0.2, -0.15) is 0 Å². The maximum Gasteiger partial charge on any atom is 0.220 e. The highest BCUT2D eigenvalue weighted by Gasteiger charge is 2.18. The van der Waals surface area contributed by atoms with Gasteiger partial charge in [0, 0.05) is 47.6 Å². The van der Waals surface area contributed by atoms with Crippen molar-refractivity contribution >= 4 is 17.3 Å². The number of hydrogen-bond donors (Lipinski definition) is 1. The fourth-order valence-electron chi connectivity index (χ4n) is 2.47. The summed E-state index contributed by atoms with van der Waals surface area (Å²) in [6.45, 7) is 7.34. The van der Waals surface area contributed by atoms with E-state index < -0.39 is 0 Å². The number of nitrogen functional groups attached to an aromatic ring is 1. The van der Waals surface area contributed by atoms with E-state index in [0.29, 0.717) is 5.95 Å². The summed E-state index contributed by atoms with van der Waals surface area (Å²) in [5.41, 5.74) is 9.35. The SMILES string of the molecule is Cc1cc(CN2CCc3nc(N)ncc3C2)sc1C. The first kappa shape index (κ1) is 12.6. The third kappa shape index (κ3) is 2.62. The molecule has 1 aliphatic rings. The van der Waals surface area contributed by atoms with Crippen LogP contribution in [0.2, 0.25) is 0 Å². The molecule has 4 nitrogen and oxygen atoms in total. The maximum atomic E-state index is 5.63. The summed E-state index contributed by atoms with van der Waals surface area (Å²) in [7, 11) is 0. The predicted octanol–water partition coefficient (Wildman–Crippen LogP) is 2.30. The van der Waals surface area contributed by atoms with Crippen LogP contribution in [0.25, 0.3) is 0 Å². The molecule has 0 radical (unpaired) electrons. The topological polar surface area (TPSA) is 55.0 Å². The minimum Gasteiger partial charge on any atom is -0.368 e. The molecule has 2 N–H and O–H groups in total. The molecule has 3 heterocycles. The summed E-state index contributed by atoms with van der Waals surface area (Å²) in [4.78, 5) is 13.7. The lowest BCUT2D eigenvalue weighted by atomic mass is 10.1. The van der Waals surface area contributed by atoms with Gasteiger partial charge in [-0.1, -0.05) is 0 Å². The van der Waals surface area contributed by atoms with E-state index in [2.05, 4.69) is 34.8 Å². The van der Waals surface area contributed by atoms with Crippen LogP contribution in [0.5, 0.6) is 0 Å². The predicted molar refractivity (Wildman–Crippen MR) is 78.1 cm³/mol. The van der Waals surface area contributed by atoms with Crippen LogP contribution in [0.15, 0.2) is 12.3 Å². The third-order valence-corrected chi connectivity index (χ3v) is 4.77. The lowest BCUT2D eigenvalue weighted by Crippen LogP contribution is -2.30. The molecule has 0 aromatic carbocycles. The normalized spacial score (nSPS) is 15.5. The summed E-state index contributed by atoms with van der Waals surface area (Å²) < 4.78 is 0. The molecule has 0 bridgehead atoms. The van der Waals surface area contributed by atoms with Crippen LogP contribution >= 0.6 is 11.3 Å². The van der Waals surface area contributed by atoms with E-state index in [0.717, 1.165) is 31.7 Å². The number of fused-ring (bicyclic) bond motifs is 1. The van der Waals surface area contributed by atoms with E-state index in [1.54, 1.807) is 0 Å². The molecular formula is C14H18N4S. The Bertz CT molecular complexity index is 586. The van der Waals surface area contributed by atoms with Gasteiger partial charge in [-0.25, -0.2) is 9.97 Å². The second-order valence-corrected chi connectivity index (χ2v) is 6.45. The Balaban J connectivity index is 1.73. The Hall–Kier alpha value is -1.46. The first-order valence-electron chi connectivity index (χ1n) is 6.50. The number of thiophene rings is 1. The summed E-state index contributed by atoms with van der Waals surface area (Å²) in [5, 5.41) is 0. The monoisotopic (exact) mass is 274 g/mol. The van der Waals surface area contributed by atoms with Crippen molar-refractivity contribution in [3.8, 4) is 0 Å². The first-order chi connectivity index (χ1) is 9.11. The van der Waals surface area contributed by atoms with Crippen molar-refractivity contribution in [2.75, 3.05) is 12.3 Å². The Morgan fingerprint density at radius 2 is 2.26 bits per heavy atom. The molecule has 100 valence electrons. The van der Waals surface area contributed by atoms with Crippen molar-refractivity contribution in [3.63, 3.8) is 0 Å². The summed E-state index contributed by atoms with van der Waals surface area (Å²) in [6.07, 6.45) is 2.83. The molecule has 2 aromatic rings. The fourth-order valence-corrected chi connectivity index (χ4v) is 3.57. The standard InChI is InChI=1S/C14H18N4S/c1-9-5-12(19-10(9)2)8-18-4-3-13-11(7-18)6-16-14(15)17-13/h5-6H,3-4,7-8H2,1-2H3,(H2,15,16,17). The second-order valence-electron chi connectivity index (χ2n) is 5.11. The molecule has 0 saturated carbocycles. The zero-order chi connectivity index (χ0) is 13.4. The smallest absolute Gasteiger partial charge is 0.220 e. The molecule has 0 saturated heterocycles. The average molecular weight is 274 g/mol. The van der Waals surface area contributed by atoms with Gasteiger partial charge in [0.1, 0.15) is 0 Å². The maximum absolute atomic E-state index is 5.63. The largest absolute Gasteiger partial charge is 0.368 e. The van der Waals surface area contributed by atoms with Crippen molar-refractivity contribution in [2.45, 2.75) is 33.4 Å². The van der Waals surface area contributed by atoms with Gasteiger partial charge in [-0.3, -0.25) is 4.90 Å². The van der Waals surface area contributed by atoms with E-state index in [-0.39, 0.29) is 0 Å². The zero-order valence-electron chi connectivity index (χ0n) is 11.3. The molecule has 1 aliphatic heterocycles. The van der Waals surface area contributed by atoms with E-state index in [1.165, 1.54) is 20.9 Å². The Morgan fingerprint density at radius 1 is 1.42 bits per heavy atom. The lowest BCUT2D eigenvalue weighted by Gasteiger charge is -2.27. The molecule has 0 aliphatic carbocycles. The summed E-state index contributed by atoms with van der Waals surface area (Å²) >= 11 is 1.90. The molecule has 0 unspecified atom stereocenters. The highest BCUT2D eigenvalue weighted by Crippen LogP contribution is 2.24. The van der Waals surface area contributed by atoms with Crippen molar-refractivity contribution in [3.05, 3.63) is 38.8 Å². The quantitative estimate of drug-likeness (QED) is 0.913. The number of rotatable bonds is 2. The van der Waals surface area contributed by atoms with E-state index in [4.69, 9.17) is 5.73 Å². The van der Waals surface area contributed by atoms with Crippen LogP contribution in [0.4, 0.5) is 5.95 Å². The number of aryl methyl sites for hydroxylation is 2. The number of aromatic nitrogens is 2. The van der Waals surface area contributed by atoms with Gasteiger partial charge in [0.05, 0.1) is 5.69 Å². The van der Waals surface area contributed by atoms with Crippen molar-refractivity contribution in [1.82, 2.24) is 14.9 Å². The minimum atomic E-state index is 0.386. The zero-order valence-corrected chi connectivity index (χ0v) is 12.1. The summed E-state index contributed by atoms with van der Waals surface area (Å²) in [5.74, 6) is 0.386. The van der Waals surface area contributed by atoms with Gasteiger partial charge >= 0.3 is 0 Å². The van der Waals surface area contributed by atoms with Gasteiger partial charge < -0.3 is 5.73 Å². The summed E-state index contributed by atoms with van der Waals surface area (Å²) in [6, 6.07) is 2.30. The molecule has 0 atom stereocenters. The van der Waals surface area contributed by atoms with E-state index in [1.807, 2.05) is 17.5 Å². The van der Waals surface area contributed by atoms with Crippen molar-refractivity contribution < 1.29 is 0 Å². The van der Waals surface area contributed by atoms with Crippen LogP contribution in [-0.4, -0.2) is 21.4 Å². The molecule has 0 fully saturated rings. The van der Waals surface area contributed by atoms with Crippen LogP contribution in [0.1, 0.15) is 26.6 Å². The molecule has 0 amide bonds. The second kappa shape index (κ2) is 4.90. The highest BCUT2D eigenvalue weighted by atomic mass is 32.1. The molecule has 5 heteroatoms. The lowest BCUT2D eigenvalue weighted by molar-refractivity contribution is 0.245. The number of hydrogen-bond acceptors (Lipinski definition) is 5. The molecule has 3 rings (SSSR count). The Kier molecular flexibility index (Phi) is 3.24. The van der Waals surface area contributed by atoms with E-state index >= 15 is 0 Å². The van der Waals surface area contributed by atoms with Gasteiger partial charge in [-0.05, 0) is 25.5 Å². The first-order valence-corrected chi connectivity index (χ1v) is 7.32. The molecule has 2 aromatic heterocycles. The van der Waals surface area contributed by atoms with Crippen molar-refractivity contribution in [1.29, 1.82) is 0 Å². The van der Waals surface area contributed by atoms with Crippen LogP contribution in [0.3, 0.4) is 0 Å². The van der Waals surface area contributed by atoms with Gasteiger partial charge in [0.25, 0.3) is 0 Å². The Labute approximate surface area is 117 Å². The van der Waals surface area contributed by atoms with Gasteiger partial charge in [0.15, 0.2) is 0 Å². The van der Waals surface area contributed by atoms with Crippen LogP contribution in [-0.2, 0) is 19.5 Å². The molecule has 19 heavy (non-hydrogen) atoms. The molecule has 0 spiro atoms. The molecular weight excluding hydrogens is 256 g/mol. The third-order valence-electron chi connectivity index (χ3n) is 3.63. The van der Waals surface area contributed by atoms with E-state index in [9.17, 15) is 0 Å². The van der Waals surface area contributed by atoms with Crippen molar-refractivity contribution in [2.24, 2.45) is 0 Å².